The van der Waals surface area contributed by atoms with Gasteiger partial charge < -0.3 is 10.8 Å². The summed E-state index contributed by atoms with van der Waals surface area (Å²) in [4.78, 5) is 0. The summed E-state index contributed by atoms with van der Waals surface area (Å²) in [5.41, 5.74) is 9.99. The van der Waals surface area contributed by atoms with E-state index in [0.29, 0.717) is 6.54 Å². The Hall–Kier alpha value is -1.81. The molecule has 0 aliphatic rings. The zero-order chi connectivity index (χ0) is 13.1. The molecule has 0 saturated heterocycles. The first-order valence-corrected chi connectivity index (χ1v) is 6.18. The average molecular weight is 245 g/mol. The third kappa shape index (κ3) is 2.38. The first kappa shape index (κ1) is 12.6. The quantitative estimate of drug-likeness (QED) is 0.867. The number of hydrogen-bond acceptors (Lipinski definition) is 3. The third-order valence-electron chi connectivity index (χ3n) is 3.17. The van der Waals surface area contributed by atoms with Gasteiger partial charge in [-0.3, -0.25) is 0 Å². The van der Waals surface area contributed by atoms with E-state index in [1.54, 1.807) is 12.1 Å². The van der Waals surface area contributed by atoms with Crippen molar-refractivity contribution in [1.82, 2.24) is 9.78 Å². The molecular weight excluding hydrogens is 226 g/mol. The topological polar surface area (TPSA) is 64.1 Å². The van der Waals surface area contributed by atoms with Crippen molar-refractivity contribution in [2.75, 3.05) is 6.54 Å². The number of aromatic hydroxyl groups is 1. The molecule has 0 bridgehead atoms. The fraction of sp³-hybridized carbons (Fsp3) is 0.357. The summed E-state index contributed by atoms with van der Waals surface area (Å²) in [6, 6.07) is 7.07. The van der Waals surface area contributed by atoms with Crippen molar-refractivity contribution in [3.63, 3.8) is 0 Å². The van der Waals surface area contributed by atoms with Crippen LogP contribution in [0.3, 0.4) is 0 Å². The minimum Gasteiger partial charge on any atom is -0.508 e. The summed E-state index contributed by atoms with van der Waals surface area (Å²) < 4.78 is 1.92. The zero-order valence-corrected chi connectivity index (χ0v) is 10.8. The summed E-state index contributed by atoms with van der Waals surface area (Å²) in [6.45, 7) is 4.79. The molecule has 3 N–H and O–H groups in total. The summed E-state index contributed by atoms with van der Waals surface area (Å²) >= 11 is 0. The summed E-state index contributed by atoms with van der Waals surface area (Å²) in [6.07, 6.45) is 1.94. The maximum atomic E-state index is 9.31. The number of phenolic OH excluding ortho intramolecular Hbond substituents is 1. The van der Waals surface area contributed by atoms with Crippen molar-refractivity contribution >= 4 is 0 Å². The number of aromatic nitrogens is 2. The lowest BCUT2D eigenvalue weighted by molar-refractivity contribution is 0.475. The van der Waals surface area contributed by atoms with Crippen LogP contribution in [0.4, 0.5) is 0 Å². The fourth-order valence-electron chi connectivity index (χ4n) is 2.16. The van der Waals surface area contributed by atoms with Gasteiger partial charge >= 0.3 is 0 Å². The van der Waals surface area contributed by atoms with Crippen molar-refractivity contribution in [1.29, 1.82) is 0 Å². The van der Waals surface area contributed by atoms with E-state index < -0.39 is 0 Å². The lowest BCUT2D eigenvalue weighted by Crippen LogP contribution is -2.02. The Bertz CT molecular complexity index is 529. The number of phenols is 1. The number of nitrogens with two attached hydrogens (primary N) is 1. The van der Waals surface area contributed by atoms with Gasteiger partial charge in [-0.15, -0.1) is 0 Å². The lowest BCUT2D eigenvalue weighted by atomic mass is 10.1. The molecule has 1 aromatic carbocycles. The smallest absolute Gasteiger partial charge is 0.115 e. The molecule has 0 aliphatic heterocycles. The van der Waals surface area contributed by atoms with E-state index in [1.165, 1.54) is 5.56 Å². The van der Waals surface area contributed by atoms with E-state index in [-0.39, 0.29) is 5.75 Å². The van der Waals surface area contributed by atoms with Crippen LogP contribution in [-0.2, 0) is 6.42 Å². The van der Waals surface area contributed by atoms with Crippen LogP contribution in [-0.4, -0.2) is 21.4 Å². The van der Waals surface area contributed by atoms with Crippen molar-refractivity contribution in [3.8, 4) is 11.4 Å². The molecule has 0 spiro atoms. The Morgan fingerprint density at radius 1 is 1.22 bits per heavy atom. The summed E-state index contributed by atoms with van der Waals surface area (Å²) in [5, 5.41) is 13.9. The average Bonchev–Trinajstić information content (AvgIpc) is 2.64. The van der Waals surface area contributed by atoms with Crippen molar-refractivity contribution in [2.45, 2.75) is 26.7 Å². The highest BCUT2D eigenvalue weighted by atomic mass is 16.3. The van der Waals surface area contributed by atoms with Crippen LogP contribution in [0.2, 0.25) is 0 Å². The molecule has 0 radical (unpaired) electrons. The highest BCUT2D eigenvalue weighted by Crippen LogP contribution is 2.20. The van der Waals surface area contributed by atoms with E-state index in [1.807, 2.05) is 23.7 Å². The molecule has 2 rings (SSSR count). The van der Waals surface area contributed by atoms with Crippen molar-refractivity contribution in [2.24, 2.45) is 5.73 Å². The highest BCUT2D eigenvalue weighted by Gasteiger charge is 2.12. The molecule has 4 heteroatoms. The summed E-state index contributed by atoms with van der Waals surface area (Å²) in [7, 11) is 0. The number of hydrogen-bond donors (Lipinski definition) is 2. The predicted octanol–water partition coefficient (Wildman–Crippen LogP) is 2.09. The van der Waals surface area contributed by atoms with Gasteiger partial charge in [0.1, 0.15) is 5.75 Å². The third-order valence-corrected chi connectivity index (χ3v) is 3.17. The molecule has 0 atom stereocenters. The van der Waals surface area contributed by atoms with Gasteiger partial charge in [0.25, 0.3) is 0 Å². The number of nitrogens with zero attached hydrogens (tertiary/aromatic N) is 2. The molecular formula is C14H19N3O. The van der Waals surface area contributed by atoms with Gasteiger partial charge in [-0.25, -0.2) is 4.68 Å². The lowest BCUT2D eigenvalue weighted by Gasteiger charge is -2.05. The first-order valence-electron chi connectivity index (χ1n) is 6.18. The molecule has 0 fully saturated rings. The van der Waals surface area contributed by atoms with E-state index in [0.717, 1.165) is 29.9 Å². The van der Waals surface area contributed by atoms with Crippen LogP contribution in [0.25, 0.3) is 5.69 Å². The molecule has 0 saturated carbocycles. The maximum Gasteiger partial charge on any atom is 0.115 e. The monoisotopic (exact) mass is 245 g/mol. The Balaban J connectivity index is 2.37. The largest absolute Gasteiger partial charge is 0.508 e. The van der Waals surface area contributed by atoms with E-state index in [9.17, 15) is 5.11 Å². The molecule has 0 unspecified atom stereocenters. The van der Waals surface area contributed by atoms with Gasteiger partial charge in [-0.05, 0) is 63.1 Å². The molecule has 1 aromatic heterocycles. The highest BCUT2D eigenvalue weighted by molar-refractivity contribution is 5.40. The van der Waals surface area contributed by atoms with Crippen LogP contribution < -0.4 is 5.73 Å². The molecule has 18 heavy (non-hydrogen) atoms. The molecule has 0 aliphatic carbocycles. The molecule has 1 heterocycles. The van der Waals surface area contributed by atoms with Gasteiger partial charge in [-0.1, -0.05) is 0 Å². The maximum absolute atomic E-state index is 9.31. The SMILES string of the molecule is Cc1nn(-c2ccc(O)cc2)c(C)c1CCCN. The standard InChI is InChI=1S/C14H19N3O/c1-10-14(4-3-9-15)11(2)17(16-10)12-5-7-13(18)8-6-12/h5-8,18H,3-4,9,15H2,1-2H3. The molecule has 0 amide bonds. The molecule has 2 aromatic rings. The second kappa shape index (κ2) is 5.23. The fourth-order valence-corrected chi connectivity index (χ4v) is 2.16. The van der Waals surface area contributed by atoms with Crippen LogP contribution in [0.1, 0.15) is 23.4 Å². The van der Waals surface area contributed by atoms with Crippen LogP contribution in [0.15, 0.2) is 24.3 Å². The van der Waals surface area contributed by atoms with Gasteiger partial charge in [0.05, 0.1) is 11.4 Å². The Morgan fingerprint density at radius 2 is 1.89 bits per heavy atom. The minimum absolute atomic E-state index is 0.267. The van der Waals surface area contributed by atoms with Crippen molar-refractivity contribution in [3.05, 3.63) is 41.2 Å². The Morgan fingerprint density at radius 3 is 2.50 bits per heavy atom. The van der Waals surface area contributed by atoms with Gasteiger partial charge in [0.2, 0.25) is 0 Å². The Labute approximate surface area is 107 Å². The first-order chi connectivity index (χ1) is 8.63. The second-order valence-corrected chi connectivity index (χ2v) is 4.47. The minimum atomic E-state index is 0.267. The van der Waals surface area contributed by atoms with Crippen LogP contribution >= 0.6 is 0 Å². The summed E-state index contributed by atoms with van der Waals surface area (Å²) in [5.74, 6) is 0.267. The number of rotatable bonds is 4. The van der Waals surface area contributed by atoms with Gasteiger partial charge in [0.15, 0.2) is 0 Å². The number of aryl methyl sites for hydroxylation is 1. The second-order valence-electron chi connectivity index (χ2n) is 4.47. The van der Waals surface area contributed by atoms with Crippen molar-refractivity contribution < 1.29 is 5.11 Å². The zero-order valence-electron chi connectivity index (χ0n) is 10.8. The van der Waals surface area contributed by atoms with E-state index >= 15 is 0 Å². The Kier molecular flexibility index (Phi) is 3.67. The number of benzene rings is 1. The van der Waals surface area contributed by atoms with Crippen LogP contribution in [0.5, 0.6) is 5.75 Å². The van der Waals surface area contributed by atoms with Gasteiger partial charge in [-0.2, -0.15) is 5.10 Å². The molecule has 4 nitrogen and oxygen atoms in total. The predicted molar refractivity (Wildman–Crippen MR) is 72.1 cm³/mol. The normalized spacial score (nSPS) is 10.8. The van der Waals surface area contributed by atoms with E-state index in [4.69, 9.17) is 5.73 Å². The van der Waals surface area contributed by atoms with Crippen LogP contribution in [0, 0.1) is 13.8 Å². The molecule has 96 valence electrons. The van der Waals surface area contributed by atoms with E-state index in [2.05, 4.69) is 12.0 Å². The van der Waals surface area contributed by atoms with Gasteiger partial charge in [0, 0.05) is 5.69 Å².